The van der Waals surface area contributed by atoms with E-state index in [-0.39, 0.29) is 18.5 Å². The van der Waals surface area contributed by atoms with E-state index < -0.39 is 5.60 Å². The Bertz CT molecular complexity index is 527. The van der Waals surface area contributed by atoms with Crippen molar-refractivity contribution in [3.8, 4) is 0 Å². The van der Waals surface area contributed by atoms with E-state index in [9.17, 15) is 9.90 Å². The lowest BCUT2D eigenvalue weighted by molar-refractivity contribution is 0.00788. The van der Waals surface area contributed by atoms with Gasteiger partial charge in [0.2, 0.25) is 0 Å². The topological polar surface area (TPSA) is 77.5 Å². The highest BCUT2D eigenvalue weighted by molar-refractivity contribution is 5.73. The standard InChI is InChI=1S/C19H32N4O2/c1-4-15(2)19(3,25)14-22-18(24)21-13-16-7-11-23(12-8-16)17-5-9-20-10-6-17/h5-6,9-10,15-16,25H,4,7-8,11-14H2,1-3H3,(H2,21,22,24). The van der Waals surface area contributed by atoms with E-state index >= 15 is 0 Å². The number of nitrogens with zero attached hydrogens (tertiary/aromatic N) is 2. The van der Waals surface area contributed by atoms with Crippen LogP contribution in [0.5, 0.6) is 0 Å². The third kappa shape index (κ3) is 5.88. The lowest BCUT2D eigenvalue weighted by atomic mass is 9.89. The summed E-state index contributed by atoms with van der Waals surface area (Å²) in [5.74, 6) is 0.643. The maximum Gasteiger partial charge on any atom is 0.314 e. The first-order valence-electron chi connectivity index (χ1n) is 9.31. The molecule has 0 aromatic carbocycles. The van der Waals surface area contributed by atoms with Crippen LogP contribution in [0.1, 0.15) is 40.0 Å². The van der Waals surface area contributed by atoms with E-state index in [0.717, 1.165) is 32.4 Å². The summed E-state index contributed by atoms with van der Waals surface area (Å²) in [6.07, 6.45) is 6.65. The van der Waals surface area contributed by atoms with Crippen molar-refractivity contribution in [2.45, 2.75) is 45.6 Å². The van der Waals surface area contributed by atoms with E-state index in [4.69, 9.17) is 0 Å². The summed E-state index contributed by atoms with van der Waals surface area (Å²) in [5, 5.41) is 16.1. The Hall–Kier alpha value is -1.82. The minimum atomic E-state index is -0.873. The first-order valence-corrected chi connectivity index (χ1v) is 9.31. The molecule has 1 aromatic rings. The molecule has 3 N–H and O–H groups in total. The van der Waals surface area contributed by atoms with E-state index in [1.165, 1.54) is 5.69 Å². The summed E-state index contributed by atoms with van der Waals surface area (Å²) in [5.41, 5.74) is 0.341. The molecule has 0 aliphatic carbocycles. The predicted molar refractivity (Wildman–Crippen MR) is 101 cm³/mol. The van der Waals surface area contributed by atoms with Gasteiger partial charge in [-0.05, 0) is 43.7 Å². The van der Waals surface area contributed by atoms with Crippen LogP contribution in [0.15, 0.2) is 24.5 Å². The zero-order valence-corrected chi connectivity index (χ0v) is 15.7. The van der Waals surface area contributed by atoms with Crippen molar-refractivity contribution in [1.29, 1.82) is 0 Å². The molecule has 1 fully saturated rings. The number of aromatic nitrogens is 1. The number of nitrogens with one attached hydrogen (secondary N) is 2. The number of anilines is 1. The molecule has 25 heavy (non-hydrogen) atoms. The third-order valence-electron chi connectivity index (χ3n) is 5.47. The predicted octanol–water partition coefficient (Wildman–Crippen LogP) is 2.39. The Balaban J connectivity index is 1.66. The van der Waals surface area contributed by atoms with Gasteiger partial charge in [0.25, 0.3) is 0 Å². The van der Waals surface area contributed by atoms with Gasteiger partial charge in [-0.15, -0.1) is 0 Å². The van der Waals surface area contributed by atoms with Crippen LogP contribution in [0.25, 0.3) is 0 Å². The Morgan fingerprint density at radius 2 is 2.00 bits per heavy atom. The molecule has 6 nitrogen and oxygen atoms in total. The highest BCUT2D eigenvalue weighted by atomic mass is 16.3. The molecule has 2 heterocycles. The zero-order valence-electron chi connectivity index (χ0n) is 15.7. The molecule has 2 atom stereocenters. The molecule has 2 amide bonds. The number of urea groups is 1. The average Bonchev–Trinajstić information content (AvgIpc) is 2.65. The number of rotatable bonds is 7. The van der Waals surface area contributed by atoms with Crippen molar-refractivity contribution in [2.24, 2.45) is 11.8 Å². The van der Waals surface area contributed by atoms with Crippen LogP contribution < -0.4 is 15.5 Å². The Morgan fingerprint density at radius 3 is 2.60 bits per heavy atom. The highest BCUT2D eigenvalue weighted by Gasteiger charge is 2.27. The molecule has 0 saturated carbocycles. The van der Waals surface area contributed by atoms with Crippen LogP contribution in [0.3, 0.4) is 0 Å². The van der Waals surface area contributed by atoms with Crippen LogP contribution in [-0.2, 0) is 0 Å². The second-order valence-corrected chi connectivity index (χ2v) is 7.37. The molecule has 1 saturated heterocycles. The lowest BCUT2D eigenvalue weighted by Gasteiger charge is -2.33. The summed E-state index contributed by atoms with van der Waals surface area (Å²) in [7, 11) is 0. The summed E-state index contributed by atoms with van der Waals surface area (Å²) in [6, 6.07) is 3.88. The van der Waals surface area contributed by atoms with Gasteiger partial charge in [-0.25, -0.2) is 4.79 Å². The summed E-state index contributed by atoms with van der Waals surface area (Å²) >= 11 is 0. The number of hydrogen-bond donors (Lipinski definition) is 3. The van der Waals surface area contributed by atoms with Crippen molar-refractivity contribution >= 4 is 11.7 Å². The van der Waals surface area contributed by atoms with Crippen molar-refractivity contribution in [1.82, 2.24) is 15.6 Å². The molecular formula is C19H32N4O2. The van der Waals surface area contributed by atoms with Crippen molar-refractivity contribution in [2.75, 3.05) is 31.1 Å². The van der Waals surface area contributed by atoms with E-state index in [0.29, 0.717) is 12.5 Å². The second-order valence-electron chi connectivity index (χ2n) is 7.37. The minimum Gasteiger partial charge on any atom is -0.388 e. The molecule has 0 bridgehead atoms. The fourth-order valence-electron chi connectivity index (χ4n) is 3.12. The SMILES string of the molecule is CCC(C)C(C)(O)CNC(=O)NCC1CCN(c2ccncc2)CC1. The second kappa shape index (κ2) is 9.04. The molecule has 2 unspecified atom stereocenters. The highest BCUT2D eigenvalue weighted by Crippen LogP contribution is 2.22. The number of carbonyl (C=O) groups is 1. The average molecular weight is 348 g/mol. The van der Waals surface area contributed by atoms with Crippen molar-refractivity contribution < 1.29 is 9.90 Å². The largest absolute Gasteiger partial charge is 0.388 e. The van der Waals surface area contributed by atoms with Crippen LogP contribution in [0.4, 0.5) is 10.5 Å². The summed E-state index contributed by atoms with van der Waals surface area (Å²) in [4.78, 5) is 18.4. The van der Waals surface area contributed by atoms with Gasteiger partial charge in [0.15, 0.2) is 0 Å². The Kier molecular flexibility index (Phi) is 7.05. The summed E-state index contributed by atoms with van der Waals surface area (Å²) in [6.45, 7) is 8.77. The first kappa shape index (κ1) is 19.5. The monoisotopic (exact) mass is 348 g/mol. The maximum atomic E-state index is 12.0. The van der Waals surface area contributed by atoms with Gasteiger partial charge >= 0.3 is 6.03 Å². The molecule has 140 valence electrons. The molecule has 2 rings (SSSR count). The lowest BCUT2D eigenvalue weighted by Crippen LogP contribution is -2.49. The fraction of sp³-hybridized carbons (Fsp3) is 0.684. The van der Waals surface area contributed by atoms with Gasteiger partial charge in [0, 0.05) is 44.3 Å². The van der Waals surface area contributed by atoms with Crippen LogP contribution >= 0.6 is 0 Å². The molecule has 1 aliphatic rings. The minimum absolute atomic E-state index is 0.144. The zero-order chi connectivity index (χ0) is 18.3. The van der Waals surface area contributed by atoms with Gasteiger partial charge < -0.3 is 20.6 Å². The quantitative estimate of drug-likeness (QED) is 0.707. The van der Waals surface area contributed by atoms with E-state index in [1.54, 1.807) is 6.92 Å². The molecule has 6 heteroatoms. The number of aliphatic hydroxyl groups is 1. The molecule has 0 radical (unpaired) electrons. The number of hydrogen-bond acceptors (Lipinski definition) is 4. The maximum absolute atomic E-state index is 12.0. The first-order chi connectivity index (χ1) is 11.9. The van der Waals surface area contributed by atoms with Gasteiger partial charge in [0.05, 0.1) is 5.60 Å². The third-order valence-corrected chi connectivity index (χ3v) is 5.47. The molecular weight excluding hydrogens is 316 g/mol. The van der Waals surface area contributed by atoms with E-state index in [2.05, 4.69) is 20.5 Å². The van der Waals surface area contributed by atoms with Gasteiger partial charge in [-0.3, -0.25) is 4.98 Å². The van der Waals surface area contributed by atoms with Crippen LogP contribution in [0, 0.1) is 11.8 Å². The fourth-order valence-corrected chi connectivity index (χ4v) is 3.12. The van der Waals surface area contributed by atoms with Crippen molar-refractivity contribution in [3.05, 3.63) is 24.5 Å². The smallest absolute Gasteiger partial charge is 0.314 e. The van der Waals surface area contributed by atoms with Crippen molar-refractivity contribution in [3.63, 3.8) is 0 Å². The normalized spacial score (nSPS) is 19.1. The molecule has 1 aromatic heterocycles. The van der Waals surface area contributed by atoms with E-state index in [1.807, 2.05) is 38.4 Å². The number of pyridine rings is 1. The number of amides is 2. The number of piperidine rings is 1. The number of carbonyl (C=O) groups excluding carboxylic acids is 1. The van der Waals surface area contributed by atoms with Gasteiger partial charge in [-0.2, -0.15) is 0 Å². The Labute approximate surface area is 151 Å². The van der Waals surface area contributed by atoms with Crippen LogP contribution in [0.2, 0.25) is 0 Å². The van der Waals surface area contributed by atoms with Gasteiger partial charge in [-0.1, -0.05) is 20.3 Å². The molecule has 0 spiro atoms. The summed E-state index contributed by atoms with van der Waals surface area (Å²) < 4.78 is 0. The van der Waals surface area contributed by atoms with Gasteiger partial charge in [0.1, 0.15) is 0 Å². The Morgan fingerprint density at radius 1 is 1.36 bits per heavy atom. The molecule has 1 aliphatic heterocycles. The van der Waals surface area contributed by atoms with Crippen LogP contribution in [-0.4, -0.2) is 47.9 Å².